The molecule has 0 atom stereocenters. The minimum atomic E-state index is 0.0476. The second-order valence-electron chi connectivity index (χ2n) is 7.10. The van der Waals surface area contributed by atoms with Crippen molar-refractivity contribution >= 4 is 28.8 Å². The number of rotatable bonds is 3. The lowest BCUT2D eigenvalue weighted by Crippen LogP contribution is -2.48. The van der Waals surface area contributed by atoms with Gasteiger partial charge in [-0.1, -0.05) is 11.6 Å². The lowest BCUT2D eigenvalue weighted by molar-refractivity contribution is 0.0747. The predicted molar refractivity (Wildman–Crippen MR) is 102 cm³/mol. The summed E-state index contributed by atoms with van der Waals surface area (Å²) in [6, 6.07) is 9.08. The van der Waals surface area contributed by atoms with Gasteiger partial charge in [0.1, 0.15) is 0 Å². The van der Waals surface area contributed by atoms with E-state index in [-0.39, 0.29) is 5.91 Å². The van der Waals surface area contributed by atoms with Gasteiger partial charge in [0.15, 0.2) is 11.5 Å². The minimum Gasteiger partial charge on any atom is -0.367 e. The molecule has 1 aliphatic heterocycles. The number of carbonyl (C=O) groups excluding carboxylic acids is 1. The van der Waals surface area contributed by atoms with E-state index in [1.165, 1.54) is 12.8 Å². The second-order valence-corrected chi connectivity index (χ2v) is 7.54. The number of anilines is 1. The van der Waals surface area contributed by atoms with E-state index < -0.39 is 0 Å². The standard InChI is InChI=1S/C19H19ClN6O/c20-15-5-3-14(4-6-15)19(27)25-9-7-24(8-10-25)16-11-17-22-23-18(13-1-2-13)26(17)21-12-16/h3-6,11-13H,1-2,7-10H2. The van der Waals surface area contributed by atoms with E-state index in [1.54, 1.807) is 24.3 Å². The molecule has 138 valence electrons. The summed E-state index contributed by atoms with van der Waals surface area (Å²) in [5.41, 5.74) is 2.48. The minimum absolute atomic E-state index is 0.0476. The number of piperazine rings is 1. The fraction of sp³-hybridized carbons (Fsp3) is 0.368. The van der Waals surface area contributed by atoms with E-state index in [9.17, 15) is 4.79 Å². The first kappa shape index (κ1) is 16.5. The van der Waals surface area contributed by atoms with Crippen molar-refractivity contribution in [3.8, 4) is 0 Å². The Morgan fingerprint density at radius 3 is 2.48 bits per heavy atom. The number of nitrogens with zero attached hydrogens (tertiary/aromatic N) is 6. The molecule has 1 amide bonds. The Morgan fingerprint density at radius 1 is 1.04 bits per heavy atom. The molecule has 27 heavy (non-hydrogen) atoms. The number of aromatic nitrogens is 4. The quantitative estimate of drug-likeness (QED) is 0.696. The van der Waals surface area contributed by atoms with Crippen molar-refractivity contribution in [3.63, 3.8) is 0 Å². The number of carbonyl (C=O) groups is 1. The van der Waals surface area contributed by atoms with E-state index in [0.717, 1.165) is 30.2 Å². The van der Waals surface area contributed by atoms with E-state index in [0.29, 0.717) is 29.6 Å². The van der Waals surface area contributed by atoms with Crippen molar-refractivity contribution in [1.82, 2.24) is 24.7 Å². The van der Waals surface area contributed by atoms with Gasteiger partial charge in [-0.25, -0.2) is 0 Å². The van der Waals surface area contributed by atoms with Crippen molar-refractivity contribution in [1.29, 1.82) is 0 Å². The van der Waals surface area contributed by atoms with Gasteiger partial charge in [0.25, 0.3) is 5.91 Å². The summed E-state index contributed by atoms with van der Waals surface area (Å²) in [6.07, 6.45) is 4.22. The molecule has 3 heterocycles. The molecule has 3 aromatic rings. The van der Waals surface area contributed by atoms with E-state index in [1.807, 2.05) is 21.7 Å². The zero-order valence-corrected chi connectivity index (χ0v) is 15.5. The zero-order valence-electron chi connectivity index (χ0n) is 14.8. The Bertz CT molecular complexity index is 989. The Hall–Kier alpha value is -2.67. The topological polar surface area (TPSA) is 66.6 Å². The Labute approximate surface area is 161 Å². The van der Waals surface area contributed by atoms with Crippen LogP contribution in [0.1, 0.15) is 34.9 Å². The van der Waals surface area contributed by atoms with Crippen LogP contribution >= 0.6 is 11.6 Å². The van der Waals surface area contributed by atoms with Crippen molar-refractivity contribution in [2.45, 2.75) is 18.8 Å². The van der Waals surface area contributed by atoms with Gasteiger partial charge in [0.2, 0.25) is 0 Å². The summed E-state index contributed by atoms with van der Waals surface area (Å²) >= 11 is 5.90. The Morgan fingerprint density at radius 2 is 1.78 bits per heavy atom. The molecule has 2 aromatic heterocycles. The molecule has 0 radical (unpaired) electrons. The first-order valence-corrected chi connectivity index (χ1v) is 9.58. The molecular formula is C19H19ClN6O. The molecule has 1 saturated heterocycles. The smallest absolute Gasteiger partial charge is 0.253 e. The zero-order chi connectivity index (χ0) is 18.4. The summed E-state index contributed by atoms with van der Waals surface area (Å²) in [7, 11) is 0. The lowest BCUT2D eigenvalue weighted by Gasteiger charge is -2.36. The maximum Gasteiger partial charge on any atom is 0.253 e. The third-order valence-corrected chi connectivity index (χ3v) is 5.49. The van der Waals surface area contributed by atoms with E-state index >= 15 is 0 Å². The lowest BCUT2D eigenvalue weighted by atomic mass is 10.2. The van der Waals surface area contributed by atoms with Crippen LogP contribution in [0.2, 0.25) is 5.02 Å². The van der Waals surface area contributed by atoms with Crippen LogP contribution in [-0.4, -0.2) is 56.8 Å². The van der Waals surface area contributed by atoms with Crippen molar-refractivity contribution in [2.75, 3.05) is 31.1 Å². The van der Waals surface area contributed by atoms with Gasteiger partial charge in [-0.3, -0.25) is 4.79 Å². The normalized spacial score (nSPS) is 17.5. The van der Waals surface area contributed by atoms with Crippen LogP contribution in [-0.2, 0) is 0 Å². The number of halogens is 1. The van der Waals surface area contributed by atoms with Crippen LogP contribution in [0.3, 0.4) is 0 Å². The van der Waals surface area contributed by atoms with Gasteiger partial charge in [-0.05, 0) is 37.1 Å². The van der Waals surface area contributed by atoms with Crippen LogP contribution in [0.4, 0.5) is 5.69 Å². The summed E-state index contributed by atoms with van der Waals surface area (Å²) in [4.78, 5) is 16.8. The third kappa shape index (κ3) is 3.12. The largest absolute Gasteiger partial charge is 0.367 e. The highest BCUT2D eigenvalue weighted by molar-refractivity contribution is 6.30. The molecule has 0 unspecified atom stereocenters. The van der Waals surface area contributed by atoms with Gasteiger partial charge < -0.3 is 9.80 Å². The number of hydrogen-bond acceptors (Lipinski definition) is 5. The molecule has 1 saturated carbocycles. The molecule has 2 fully saturated rings. The van der Waals surface area contributed by atoms with Crippen molar-refractivity contribution in [2.24, 2.45) is 0 Å². The molecule has 0 spiro atoms. The predicted octanol–water partition coefficient (Wildman–Crippen LogP) is 2.62. The maximum absolute atomic E-state index is 12.6. The molecule has 0 bridgehead atoms. The molecule has 5 rings (SSSR count). The second kappa shape index (κ2) is 6.49. The highest BCUT2D eigenvalue weighted by Crippen LogP contribution is 2.38. The van der Waals surface area contributed by atoms with Crippen LogP contribution in [0.25, 0.3) is 5.65 Å². The van der Waals surface area contributed by atoms with Gasteiger partial charge in [-0.2, -0.15) is 9.61 Å². The summed E-state index contributed by atoms with van der Waals surface area (Å²) in [5.74, 6) is 1.53. The Kier molecular flexibility index (Phi) is 3.97. The van der Waals surface area contributed by atoms with Crippen molar-refractivity contribution < 1.29 is 4.79 Å². The summed E-state index contributed by atoms with van der Waals surface area (Å²) in [6.45, 7) is 2.88. The molecule has 8 heteroatoms. The van der Waals surface area contributed by atoms with Gasteiger partial charge in [0.05, 0.1) is 11.9 Å². The summed E-state index contributed by atoms with van der Waals surface area (Å²) < 4.78 is 1.85. The van der Waals surface area contributed by atoms with Gasteiger partial charge >= 0.3 is 0 Å². The molecule has 7 nitrogen and oxygen atoms in total. The third-order valence-electron chi connectivity index (χ3n) is 5.24. The van der Waals surface area contributed by atoms with Gasteiger partial charge in [-0.15, -0.1) is 10.2 Å². The maximum atomic E-state index is 12.6. The summed E-state index contributed by atoms with van der Waals surface area (Å²) in [5, 5.41) is 13.7. The fourth-order valence-corrected chi connectivity index (χ4v) is 3.64. The molecule has 0 N–H and O–H groups in total. The van der Waals surface area contributed by atoms with Crippen LogP contribution in [0.5, 0.6) is 0 Å². The Balaban J connectivity index is 1.28. The first-order chi connectivity index (χ1) is 13.2. The number of fused-ring (bicyclic) bond motifs is 1. The highest BCUT2D eigenvalue weighted by Gasteiger charge is 2.29. The molecule has 1 aromatic carbocycles. The average molecular weight is 383 g/mol. The van der Waals surface area contributed by atoms with E-state index in [4.69, 9.17) is 11.6 Å². The number of amides is 1. The first-order valence-electron chi connectivity index (χ1n) is 9.20. The van der Waals surface area contributed by atoms with Crippen molar-refractivity contribution in [3.05, 3.63) is 52.9 Å². The molecule has 1 aliphatic carbocycles. The van der Waals surface area contributed by atoms with E-state index in [2.05, 4.69) is 20.2 Å². The van der Waals surface area contributed by atoms with Crippen LogP contribution in [0.15, 0.2) is 36.5 Å². The monoisotopic (exact) mass is 382 g/mol. The SMILES string of the molecule is O=C(c1ccc(Cl)cc1)N1CCN(c2cnn3c(C4CC4)nnc3c2)CC1. The fourth-order valence-electron chi connectivity index (χ4n) is 3.51. The van der Waals surface area contributed by atoms with Gasteiger partial charge in [0, 0.05) is 48.7 Å². The van der Waals surface area contributed by atoms with Crippen LogP contribution in [0, 0.1) is 0 Å². The molecular weight excluding hydrogens is 364 g/mol. The molecule has 2 aliphatic rings. The average Bonchev–Trinajstić information content (AvgIpc) is 3.47. The van der Waals surface area contributed by atoms with Crippen LogP contribution < -0.4 is 4.90 Å². The highest BCUT2D eigenvalue weighted by atomic mass is 35.5. The number of hydrogen-bond donors (Lipinski definition) is 0. The number of benzene rings is 1.